The molecule has 0 aliphatic carbocycles. The van der Waals surface area contributed by atoms with Crippen LogP contribution in [0.1, 0.15) is 58.6 Å². The van der Waals surface area contributed by atoms with Gasteiger partial charge in [0.2, 0.25) is 0 Å². The van der Waals surface area contributed by atoms with Crippen molar-refractivity contribution in [3.8, 4) is 0 Å². The van der Waals surface area contributed by atoms with E-state index in [1.807, 2.05) is 33.9 Å². The molecule has 100 valence electrons. The molecular weight excluding hydrogens is 218 g/mol. The fraction of sp³-hybridized carbons (Fsp3) is 0.471. The van der Waals surface area contributed by atoms with E-state index in [4.69, 9.17) is 0 Å². The third kappa shape index (κ3) is 4.14. The molecule has 2 rings (SSSR count). The summed E-state index contributed by atoms with van der Waals surface area (Å²) in [5.41, 5.74) is 3.79. The van der Waals surface area contributed by atoms with E-state index >= 15 is 0 Å². The quantitative estimate of drug-likeness (QED) is 0.626. The van der Waals surface area contributed by atoms with Gasteiger partial charge < -0.3 is 0 Å². The lowest BCUT2D eigenvalue weighted by Crippen LogP contribution is -1.91. The van der Waals surface area contributed by atoms with Gasteiger partial charge in [0.05, 0.1) is 5.52 Å². The first-order chi connectivity index (χ1) is 8.68. The molecule has 0 atom stereocenters. The van der Waals surface area contributed by atoms with Gasteiger partial charge in [-0.05, 0) is 36.6 Å². The van der Waals surface area contributed by atoms with Crippen LogP contribution in [0, 0.1) is 6.92 Å². The Balaban J connectivity index is 0.000000659. The lowest BCUT2D eigenvalue weighted by molar-refractivity contribution is 0.874. The molecule has 0 radical (unpaired) electrons. The van der Waals surface area contributed by atoms with Crippen LogP contribution in [0.3, 0.4) is 0 Å². The molecule has 1 heteroatoms. The van der Waals surface area contributed by atoms with Crippen molar-refractivity contribution in [2.45, 2.75) is 54.4 Å². The Labute approximate surface area is 112 Å². The number of pyridine rings is 1. The second kappa shape index (κ2) is 8.68. The first-order valence-electron chi connectivity index (χ1n) is 7.04. The van der Waals surface area contributed by atoms with Crippen LogP contribution in [0.15, 0.2) is 30.5 Å². The minimum atomic E-state index is 0.558. The fourth-order valence-electron chi connectivity index (χ4n) is 1.78. The first-order valence-corrected chi connectivity index (χ1v) is 7.04. The van der Waals surface area contributed by atoms with Gasteiger partial charge in [0.1, 0.15) is 0 Å². The van der Waals surface area contributed by atoms with E-state index < -0.39 is 0 Å². The minimum Gasteiger partial charge on any atom is -0.256 e. The van der Waals surface area contributed by atoms with Crippen molar-refractivity contribution in [2.75, 3.05) is 0 Å². The Morgan fingerprint density at radius 3 is 2.11 bits per heavy atom. The Morgan fingerprint density at radius 2 is 1.56 bits per heavy atom. The van der Waals surface area contributed by atoms with Gasteiger partial charge in [-0.3, -0.25) is 4.98 Å². The lowest BCUT2D eigenvalue weighted by Gasteiger charge is -2.09. The molecule has 1 nitrogen and oxygen atoms in total. The maximum absolute atomic E-state index is 4.37. The Kier molecular flexibility index (Phi) is 8.02. The lowest BCUT2D eigenvalue weighted by atomic mass is 9.98. The topological polar surface area (TPSA) is 12.9 Å². The summed E-state index contributed by atoms with van der Waals surface area (Å²) in [7, 11) is 0. The standard InChI is InChI=1S/C13H15N.2C2H6/c1-9(2)11-6-7-14-13-5-4-10(3)8-12(11)13;2*1-2/h4-9H,1-3H3;2*1-2H3. The Hall–Kier alpha value is -1.37. The molecule has 1 aromatic heterocycles. The fourth-order valence-corrected chi connectivity index (χ4v) is 1.78. The highest BCUT2D eigenvalue weighted by Gasteiger charge is 2.04. The molecular formula is C17H27N. The van der Waals surface area contributed by atoms with Crippen LogP contribution in [0.25, 0.3) is 10.9 Å². The maximum Gasteiger partial charge on any atom is 0.0705 e. The molecule has 18 heavy (non-hydrogen) atoms. The van der Waals surface area contributed by atoms with Crippen molar-refractivity contribution in [1.29, 1.82) is 0 Å². The highest BCUT2D eigenvalue weighted by Crippen LogP contribution is 2.24. The second-order valence-corrected chi connectivity index (χ2v) is 4.08. The van der Waals surface area contributed by atoms with Crippen LogP contribution in [-0.2, 0) is 0 Å². The van der Waals surface area contributed by atoms with Crippen molar-refractivity contribution >= 4 is 10.9 Å². The monoisotopic (exact) mass is 245 g/mol. The maximum atomic E-state index is 4.37. The predicted octanol–water partition coefficient (Wildman–Crippen LogP) is 5.72. The average molecular weight is 245 g/mol. The number of fused-ring (bicyclic) bond motifs is 1. The summed E-state index contributed by atoms with van der Waals surface area (Å²) in [5, 5.41) is 1.29. The number of benzene rings is 1. The molecule has 0 amide bonds. The van der Waals surface area contributed by atoms with Gasteiger partial charge in [0.15, 0.2) is 0 Å². The number of hydrogen-bond acceptors (Lipinski definition) is 1. The van der Waals surface area contributed by atoms with Crippen LogP contribution in [0.5, 0.6) is 0 Å². The summed E-state index contributed by atoms with van der Waals surface area (Å²) in [6.07, 6.45) is 1.90. The molecule has 0 fully saturated rings. The predicted molar refractivity (Wildman–Crippen MR) is 83.3 cm³/mol. The molecule has 1 heterocycles. The molecule has 1 aromatic carbocycles. The zero-order valence-corrected chi connectivity index (χ0v) is 12.9. The normalized spacial score (nSPS) is 9.33. The summed E-state index contributed by atoms with van der Waals surface area (Å²) >= 11 is 0. The average Bonchev–Trinajstić information content (AvgIpc) is 2.42. The number of hydrogen-bond donors (Lipinski definition) is 0. The summed E-state index contributed by atoms with van der Waals surface area (Å²) in [6.45, 7) is 14.6. The first kappa shape index (κ1) is 16.6. The molecule has 0 N–H and O–H groups in total. The molecule has 0 unspecified atom stereocenters. The van der Waals surface area contributed by atoms with Gasteiger partial charge >= 0.3 is 0 Å². The molecule has 2 aromatic rings. The van der Waals surface area contributed by atoms with Crippen molar-refractivity contribution in [3.05, 3.63) is 41.6 Å². The van der Waals surface area contributed by atoms with Gasteiger partial charge in [-0.25, -0.2) is 0 Å². The second-order valence-electron chi connectivity index (χ2n) is 4.08. The molecule has 0 bridgehead atoms. The van der Waals surface area contributed by atoms with E-state index in [9.17, 15) is 0 Å². The largest absolute Gasteiger partial charge is 0.256 e. The summed E-state index contributed by atoms with van der Waals surface area (Å²) in [4.78, 5) is 4.37. The number of rotatable bonds is 1. The van der Waals surface area contributed by atoms with Gasteiger partial charge in [0.25, 0.3) is 0 Å². The third-order valence-corrected chi connectivity index (χ3v) is 2.55. The summed E-state index contributed by atoms with van der Waals surface area (Å²) in [6, 6.07) is 8.54. The highest BCUT2D eigenvalue weighted by molar-refractivity contribution is 5.83. The van der Waals surface area contributed by atoms with E-state index in [1.165, 1.54) is 16.5 Å². The number of nitrogens with zero attached hydrogens (tertiary/aromatic N) is 1. The molecule has 0 saturated heterocycles. The van der Waals surface area contributed by atoms with Gasteiger partial charge in [-0.15, -0.1) is 0 Å². The summed E-state index contributed by atoms with van der Waals surface area (Å²) in [5.74, 6) is 0.558. The van der Waals surface area contributed by atoms with E-state index in [0.29, 0.717) is 5.92 Å². The van der Waals surface area contributed by atoms with Crippen LogP contribution in [0.4, 0.5) is 0 Å². The van der Waals surface area contributed by atoms with Crippen molar-refractivity contribution in [1.82, 2.24) is 4.98 Å². The Bertz CT molecular complexity index is 458. The van der Waals surface area contributed by atoms with E-state index in [-0.39, 0.29) is 0 Å². The Morgan fingerprint density at radius 1 is 0.944 bits per heavy atom. The summed E-state index contributed by atoms with van der Waals surface area (Å²) < 4.78 is 0. The molecule has 0 aliphatic rings. The van der Waals surface area contributed by atoms with Crippen LogP contribution in [-0.4, -0.2) is 4.98 Å². The van der Waals surface area contributed by atoms with E-state index in [0.717, 1.165) is 5.52 Å². The van der Waals surface area contributed by atoms with Gasteiger partial charge in [0, 0.05) is 11.6 Å². The van der Waals surface area contributed by atoms with Crippen molar-refractivity contribution in [3.63, 3.8) is 0 Å². The van der Waals surface area contributed by atoms with Crippen molar-refractivity contribution < 1.29 is 0 Å². The minimum absolute atomic E-state index is 0.558. The number of aromatic nitrogens is 1. The van der Waals surface area contributed by atoms with Crippen LogP contribution in [0.2, 0.25) is 0 Å². The smallest absolute Gasteiger partial charge is 0.0705 e. The van der Waals surface area contributed by atoms with Gasteiger partial charge in [-0.2, -0.15) is 0 Å². The zero-order chi connectivity index (χ0) is 14.1. The molecule has 0 spiro atoms. The molecule has 0 saturated carbocycles. The van der Waals surface area contributed by atoms with E-state index in [1.54, 1.807) is 0 Å². The van der Waals surface area contributed by atoms with E-state index in [2.05, 4.69) is 50.0 Å². The van der Waals surface area contributed by atoms with Gasteiger partial charge in [-0.1, -0.05) is 53.2 Å². The number of aryl methyl sites for hydroxylation is 1. The SMILES string of the molecule is CC.CC.Cc1ccc2nccc(C(C)C)c2c1. The van der Waals surface area contributed by atoms with Crippen LogP contribution < -0.4 is 0 Å². The molecule has 0 aliphatic heterocycles. The third-order valence-electron chi connectivity index (χ3n) is 2.55. The van der Waals surface area contributed by atoms with Crippen LogP contribution >= 0.6 is 0 Å². The highest BCUT2D eigenvalue weighted by atomic mass is 14.6. The zero-order valence-electron chi connectivity index (χ0n) is 12.9. The van der Waals surface area contributed by atoms with Crippen molar-refractivity contribution in [2.24, 2.45) is 0 Å².